The van der Waals surface area contributed by atoms with Crippen LogP contribution in [-0.2, 0) is 0 Å². The lowest BCUT2D eigenvalue weighted by molar-refractivity contribution is 0.00827. The summed E-state index contributed by atoms with van der Waals surface area (Å²) in [5, 5.41) is 9.92. The molecular weight excluding hydrogens is 256 g/mol. The molecule has 21 heavy (non-hydrogen) atoms. The SMILES string of the molecule is C/C=C1/CCC2C3CCC4=CC(O)CC[C@@H]4C3CC[C@]12C. The van der Waals surface area contributed by atoms with Crippen LogP contribution in [0.4, 0.5) is 0 Å². The standard InChI is InChI=1S/C20H30O/c1-3-14-5-9-19-18-7-4-13-12-15(21)6-8-16(13)17(18)10-11-20(14,19)2/h3,12,15-19,21H,4-11H2,1-2H3/b14-3-/t15?,16-,17?,18?,19?,20+/m0/s1. The van der Waals surface area contributed by atoms with E-state index in [1.54, 1.807) is 11.1 Å². The Balaban J connectivity index is 1.63. The van der Waals surface area contributed by atoms with Crippen LogP contribution < -0.4 is 0 Å². The zero-order chi connectivity index (χ0) is 14.6. The number of allylic oxidation sites excluding steroid dienone is 3. The van der Waals surface area contributed by atoms with Gasteiger partial charge in [0.05, 0.1) is 6.10 Å². The van der Waals surface area contributed by atoms with E-state index in [0.29, 0.717) is 5.41 Å². The van der Waals surface area contributed by atoms with Crippen molar-refractivity contribution in [3.05, 3.63) is 23.3 Å². The van der Waals surface area contributed by atoms with Gasteiger partial charge in [0, 0.05) is 0 Å². The van der Waals surface area contributed by atoms with Crippen molar-refractivity contribution in [2.24, 2.45) is 29.1 Å². The fourth-order valence-corrected chi connectivity index (χ4v) is 6.63. The predicted octanol–water partition coefficient (Wildman–Crippen LogP) is 4.87. The Labute approximate surface area is 129 Å². The highest BCUT2D eigenvalue weighted by Crippen LogP contribution is 2.63. The van der Waals surface area contributed by atoms with E-state index >= 15 is 0 Å². The third-order valence-electron chi connectivity index (χ3n) is 7.63. The third-order valence-corrected chi connectivity index (χ3v) is 7.63. The number of aliphatic hydroxyl groups excluding tert-OH is 1. The molecule has 0 amide bonds. The molecule has 0 aromatic rings. The quantitative estimate of drug-likeness (QED) is 0.630. The second-order valence-electron chi connectivity index (χ2n) is 8.27. The van der Waals surface area contributed by atoms with Crippen molar-refractivity contribution in [2.45, 2.75) is 71.3 Å². The molecule has 4 rings (SSSR count). The Hall–Kier alpha value is -0.560. The van der Waals surface area contributed by atoms with Crippen molar-refractivity contribution in [1.29, 1.82) is 0 Å². The molecule has 1 heteroatoms. The maximum Gasteiger partial charge on any atom is 0.0723 e. The smallest absolute Gasteiger partial charge is 0.0723 e. The van der Waals surface area contributed by atoms with Gasteiger partial charge in [-0.1, -0.05) is 30.2 Å². The fourth-order valence-electron chi connectivity index (χ4n) is 6.63. The molecule has 116 valence electrons. The van der Waals surface area contributed by atoms with Gasteiger partial charge >= 0.3 is 0 Å². The molecule has 6 atom stereocenters. The van der Waals surface area contributed by atoms with E-state index in [0.717, 1.165) is 30.1 Å². The summed E-state index contributed by atoms with van der Waals surface area (Å²) in [6.45, 7) is 4.81. The van der Waals surface area contributed by atoms with Crippen LogP contribution >= 0.6 is 0 Å². The van der Waals surface area contributed by atoms with Gasteiger partial charge < -0.3 is 5.11 Å². The molecule has 4 aliphatic carbocycles. The Morgan fingerprint density at radius 2 is 1.95 bits per heavy atom. The van der Waals surface area contributed by atoms with Gasteiger partial charge in [0.2, 0.25) is 0 Å². The molecule has 0 aromatic heterocycles. The highest BCUT2D eigenvalue weighted by molar-refractivity contribution is 5.26. The minimum Gasteiger partial charge on any atom is -0.389 e. The highest BCUT2D eigenvalue weighted by Gasteiger charge is 2.53. The molecule has 0 heterocycles. The lowest BCUT2D eigenvalue weighted by Gasteiger charge is -2.53. The summed E-state index contributed by atoms with van der Waals surface area (Å²) >= 11 is 0. The van der Waals surface area contributed by atoms with Gasteiger partial charge in [0.25, 0.3) is 0 Å². The van der Waals surface area contributed by atoms with Gasteiger partial charge in [-0.3, -0.25) is 0 Å². The second-order valence-corrected chi connectivity index (χ2v) is 8.27. The Morgan fingerprint density at radius 1 is 1.10 bits per heavy atom. The van der Waals surface area contributed by atoms with Crippen LogP contribution in [0, 0.1) is 29.1 Å². The summed E-state index contributed by atoms with van der Waals surface area (Å²) in [5.74, 6) is 3.63. The largest absolute Gasteiger partial charge is 0.389 e. The molecule has 0 aromatic carbocycles. The molecule has 0 saturated heterocycles. The summed E-state index contributed by atoms with van der Waals surface area (Å²) in [6, 6.07) is 0. The lowest BCUT2D eigenvalue weighted by atomic mass is 9.52. The average molecular weight is 286 g/mol. The molecule has 0 aliphatic heterocycles. The first kappa shape index (κ1) is 14.1. The van der Waals surface area contributed by atoms with Gasteiger partial charge in [-0.05, 0) is 87.4 Å². The van der Waals surface area contributed by atoms with Crippen molar-refractivity contribution in [2.75, 3.05) is 0 Å². The van der Waals surface area contributed by atoms with E-state index in [1.165, 1.54) is 44.9 Å². The Kier molecular flexibility index (Phi) is 3.33. The van der Waals surface area contributed by atoms with Crippen molar-refractivity contribution < 1.29 is 5.11 Å². The van der Waals surface area contributed by atoms with E-state index < -0.39 is 0 Å². The van der Waals surface area contributed by atoms with E-state index in [4.69, 9.17) is 0 Å². The van der Waals surface area contributed by atoms with E-state index in [1.807, 2.05) is 0 Å². The Bertz CT molecular complexity index is 488. The number of aliphatic hydroxyl groups is 1. The summed E-state index contributed by atoms with van der Waals surface area (Å²) in [5.41, 5.74) is 3.89. The average Bonchev–Trinajstić information content (AvgIpc) is 2.83. The number of fused-ring (bicyclic) bond motifs is 5. The van der Waals surface area contributed by atoms with Crippen LogP contribution in [0.3, 0.4) is 0 Å². The van der Waals surface area contributed by atoms with Gasteiger partial charge in [-0.15, -0.1) is 0 Å². The molecule has 3 fully saturated rings. The van der Waals surface area contributed by atoms with Gasteiger partial charge in [0.15, 0.2) is 0 Å². The van der Waals surface area contributed by atoms with Crippen molar-refractivity contribution in [1.82, 2.24) is 0 Å². The van der Waals surface area contributed by atoms with E-state index in [2.05, 4.69) is 26.0 Å². The first-order valence-electron chi connectivity index (χ1n) is 9.18. The van der Waals surface area contributed by atoms with Crippen LogP contribution in [0.1, 0.15) is 65.2 Å². The molecule has 0 bridgehead atoms. The van der Waals surface area contributed by atoms with Gasteiger partial charge in [-0.25, -0.2) is 0 Å². The molecule has 3 saturated carbocycles. The van der Waals surface area contributed by atoms with Crippen LogP contribution in [0.5, 0.6) is 0 Å². The predicted molar refractivity (Wildman–Crippen MR) is 86.8 cm³/mol. The van der Waals surface area contributed by atoms with Crippen molar-refractivity contribution >= 4 is 0 Å². The molecule has 4 unspecified atom stereocenters. The molecule has 0 radical (unpaired) electrons. The first-order chi connectivity index (χ1) is 10.1. The second kappa shape index (κ2) is 4.98. The summed E-state index contributed by atoms with van der Waals surface area (Å²) in [4.78, 5) is 0. The van der Waals surface area contributed by atoms with E-state index in [9.17, 15) is 5.11 Å². The molecular formula is C20H30O. The van der Waals surface area contributed by atoms with Gasteiger partial charge in [0.1, 0.15) is 0 Å². The highest BCUT2D eigenvalue weighted by atomic mass is 16.3. The third kappa shape index (κ3) is 2.00. The summed E-state index contributed by atoms with van der Waals surface area (Å²) in [6.07, 6.45) is 15.0. The summed E-state index contributed by atoms with van der Waals surface area (Å²) < 4.78 is 0. The fraction of sp³-hybridized carbons (Fsp3) is 0.800. The lowest BCUT2D eigenvalue weighted by Crippen LogP contribution is -2.45. The van der Waals surface area contributed by atoms with Gasteiger partial charge in [-0.2, -0.15) is 0 Å². The van der Waals surface area contributed by atoms with Crippen LogP contribution in [0.2, 0.25) is 0 Å². The molecule has 4 aliphatic rings. The maximum absolute atomic E-state index is 9.92. The normalized spacial score (nSPS) is 51.1. The van der Waals surface area contributed by atoms with E-state index in [-0.39, 0.29) is 6.10 Å². The van der Waals surface area contributed by atoms with Crippen molar-refractivity contribution in [3.8, 4) is 0 Å². The van der Waals surface area contributed by atoms with Crippen LogP contribution in [0.25, 0.3) is 0 Å². The maximum atomic E-state index is 9.92. The Morgan fingerprint density at radius 3 is 2.76 bits per heavy atom. The number of rotatable bonds is 0. The molecule has 1 N–H and O–H groups in total. The minimum absolute atomic E-state index is 0.150. The van der Waals surface area contributed by atoms with Crippen LogP contribution in [-0.4, -0.2) is 11.2 Å². The minimum atomic E-state index is -0.150. The zero-order valence-electron chi connectivity index (χ0n) is 13.6. The summed E-state index contributed by atoms with van der Waals surface area (Å²) in [7, 11) is 0. The van der Waals surface area contributed by atoms with Crippen molar-refractivity contribution in [3.63, 3.8) is 0 Å². The topological polar surface area (TPSA) is 20.2 Å². The number of hydrogen-bond donors (Lipinski definition) is 1. The zero-order valence-corrected chi connectivity index (χ0v) is 13.6. The molecule has 0 spiro atoms. The first-order valence-corrected chi connectivity index (χ1v) is 9.18. The molecule has 1 nitrogen and oxygen atoms in total. The number of hydrogen-bond acceptors (Lipinski definition) is 1. The monoisotopic (exact) mass is 286 g/mol. The van der Waals surface area contributed by atoms with Crippen LogP contribution in [0.15, 0.2) is 23.3 Å².